The van der Waals surface area contributed by atoms with Gasteiger partial charge in [-0.05, 0) is 50.6 Å². The fourth-order valence-electron chi connectivity index (χ4n) is 3.18. The van der Waals surface area contributed by atoms with Crippen LogP contribution in [0.1, 0.15) is 33.1 Å². The van der Waals surface area contributed by atoms with E-state index < -0.39 is 0 Å². The Labute approximate surface area is 174 Å². The molecule has 0 saturated carbocycles. The quantitative estimate of drug-likeness (QED) is 0.457. The second kappa shape index (κ2) is 14.0. The number of halogens is 1. The first-order valence-electron chi connectivity index (χ1n) is 9.84. The molecule has 1 fully saturated rings. The van der Waals surface area contributed by atoms with Crippen LogP contribution in [0.5, 0.6) is 0 Å². The number of ether oxygens (including phenoxy) is 1. The van der Waals surface area contributed by atoms with Gasteiger partial charge in [0.05, 0.1) is 12.3 Å². The summed E-state index contributed by atoms with van der Waals surface area (Å²) in [6.45, 7) is 10.8. The van der Waals surface area contributed by atoms with Gasteiger partial charge in [-0.15, -0.1) is 24.2 Å². The molecule has 0 aromatic heterocycles. The molecular formula is C20H34ClN3O2S. The molecule has 1 N–H and O–H groups in total. The van der Waals surface area contributed by atoms with E-state index >= 15 is 0 Å². The highest BCUT2D eigenvalue weighted by Gasteiger charge is 2.18. The number of nitrogens with zero attached hydrogens (tertiary/aromatic N) is 2. The molecule has 1 aliphatic heterocycles. The average molecular weight is 416 g/mol. The number of hydrogen-bond donors (Lipinski definition) is 1. The maximum Gasteiger partial charge on any atom is 0.407 e. The van der Waals surface area contributed by atoms with Gasteiger partial charge in [0.2, 0.25) is 0 Å². The maximum atomic E-state index is 11.2. The Hall–Kier alpha value is -1.11. The van der Waals surface area contributed by atoms with Gasteiger partial charge >= 0.3 is 6.09 Å². The number of anilines is 1. The highest BCUT2D eigenvalue weighted by molar-refractivity contribution is 7.99. The summed E-state index contributed by atoms with van der Waals surface area (Å²) in [5, 5.41) is 2.64. The third kappa shape index (κ3) is 8.62. The van der Waals surface area contributed by atoms with Crippen LogP contribution in [0.4, 0.5) is 10.5 Å². The SMILES string of the molecule is CCNC(=O)OCCCCCN1CCN(c2ccccc2SCC)CC1.Cl. The van der Waals surface area contributed by atoms with E-state index in [4.69, 9.17) is 4.74 Å². The van der Waals surface area contributed by atoms with Crippen molar-refractivity contribution in [2.75, 3.05) is 56.5 Å². The number of benzene rings is 1. The summed E-state index contributed by atoms with van der Waals surface area (Å²) >= 11 is 1.93. The topological polar surface area (TPSA) is 44.8 Å². The van der Waals surface area contributed by atoms with E-state index in [0.29, 0.717) is 13.2 Å². The number of hydrogen-bond acceptors (Lipinski definition) is 5. The molecule has 1 aliphatic rings. The standard InChI is InChI=1S/C20H33N3O2S.ClH/c1-3-21-20(24)25-17-9-5-8-12-22-13-15-23(16-14-22)18-10-6-7-11-19(18)26-4-2;/h6-7,10-11H,3-5,8-9,12-17H2,1-2H3,(H,21,24);1H. The Morgan fingerprint density at radius 2 is 1.85 bits per heavy atom. The summed E-state index contributed by atoms with van der Waals surface area (Å²) in [4.78, 5) is 17.7. The van der Waals surface area contributed by atoms with Gasteiger partial charge in [0.25, 0.3) is 0 Å². The van der Waals surface area contributed by atoms with Crippen LogP contribution >= 0.6 is 24.2 Å². The summed E-state index contributed by atoms with van der Waals surface area (Å²) in [5.41, 5.74) is 1.39. The van der Waals surface area contributed by atoms with Gasteiger partial charge in [0.15, 0.2) is 0 Å². The molecule has 0 spiro atoms. The predicted octanol–water partition coefficient (Wildman–Crippen LogP) is 4.26. The minimum Gasteiger partial charge on any atom is -0.450 e. The Kier molecular flexibility index (Phi) is 12.4. The molecule has 1 saturated heterocycles. The van der Waals surface area contributed by atoms with Crippen LogP contribution in [-0.4, -0.2) is 62.6 Å². The van der Waals surface area contributed by atoms with Gasteiger partial charge in [-0.2, -0.15) is 0 Å². The van der Waals surface area contributed by atoms with Crippen molar-refractivity contribution in [2.45, 2.75) is 38.0 Å². The number of unbranched alkanes of at least 4 members (excludes halogenated alkanes) is 2. The number of thioether (sulfide) groups is 1. The molecule has 154 valence electrons. The van der Waals surface area contributed by atoms with Crippen LogP contribution in [0.25, 0.3) is 0 Å². The Morgan fingerprint density at radius 3 is 2.56 bits per heavy atom. The van der Waals surface area contributed by atoms with Crippen molar-refractivity contribution in [2.24, 2.45) is 0 Å². The number of rotatable bonds is 10. The molecule has 0 atom stereocenters. The van der Waals surface area contributed by atoms with Crippen LogP contribution in [0.3, 0.4) is 0 Å². The summed E-state index contributed by atoms with van der Waals surface area (Å²) in [5.74, 6) is 1.11. The number of carbonyl (C=O) groups is 1. The zero-order valence-electron chi connectivity index (χ0n) is 16.6. The second-order valence-corrected chi connectivity index (χ2v) is 7.76. The normalized spacial score (nSPS) is 14.5. The largest absolute Gasteiger partial charge is 0.450 e. The van der Waals surface area contributed by atoms with E-state index in [1.807, 2.05) is 18.7 Å². The molecule has 0 bridgehead atoms. The van der Waals surface area contributed by atoms with Gasteiger partial charge in [0, 0.05) is 37.6 Å². The Balaban J connectivity index is 0.00000364. The number of amides is 1. The number of para-hydroxylation sites is 1. The third-order valence-electron chi connectivity index (χ3n) is 4.55. The van der Waals surface area contributed by atoms with Gasteiger partial charge in [-0.1, -0.05) is 19.1 Å². The second-order valence-electron chi connectivity index (χ2n) is 6.46. The van der Waals surface area contributed by atoms with Crippen molar-refractivity contribution in [3.05, 3.63) is 24.3 Å². The van der Waals surface area contributed by atoms with E-state index in [0.717, 1.165) is 51.3 Å². The van der Waals surface area contributed by atoms with Crippen molar-refractivity contribution < 1.29 is 9.53 Å². The number of nitrogens with one attached hydrogen (secondary N) is 1. The lowest BCUT2D eigenvalue weighted by Crippen LogP contribution is -2.46. The van der Waals surface area contributed by atoms with Crippen molar-refractivity contribution in [1.29, 1.82) is 0 Å². The molecule has 1 aromatic carbocycles. The fraction of sp³-hybridized carbons (Fsp3) is 0.650. The molecule has 5 nitrogen and oxygen atoms in total. The minimum absolute atomic E-state index is 0. The molecule has 0 unspecified atom stereocenters. The maximum absolute atomic E-state index is 11.2. The fourth-order valence-corrected chi connectivity index (χ4v) is 4.01. The van der Waals surface area contributed by atoms with Gasteiger partial charge < -0.3 is 15.0 Å². The molecule has 7 heteroatoms. The van der Waals surface area contributed by atoms with Crippen LogP contribution in [0, 0.1) is 0 Å². The molecule has 0 aliphatic carbocycles. The third-order valence-corrected chi connectivity index (χ3v) is 5.50. The van der Waals surface area contributed by atoms with Crippen LogP contribution in [0.2, 0.25) is 0 Å². The van der Waals surface area contributed by atoms with E-state index in [9.17, 15) is 4.79 Å². The first-order valence-corrected chi connectivity index (χ1v) is 10.8. The Morgan fingerprint density at radius 1 is 1.11 bits per heavy atom. The summed E-state index contributed by atoms with van der Waals surface area (Å²) in [7, 11) is 0. The first-order chi connectivity index (χ1) is 12.7. The monoisotopic (exact) mass is 415 g/mol. The van der Waals surface area contributed by atoms with E-state index in [1.54, 1.807) is 0 Å². The summed E-state index contributed by atoms with van der Waals surface area (Å²) in [6.07, 6.45) is 2.92. The van der Waals surface area contributed by atoms with Crippen molar-refractivity contribution in [1.82, 2.24) is 10.2 Å². The molecule has 1 heterocycles. The van der Waals surface area contributed by atoms with Crippen molar-refractivity contribution in [3.8, 4) is 0 Å². The van der Waals surface area contributed by atoms with Crippen LogP contribution in [0.15, 0.2) is 29.2 Å². The van der Waals surface area contributed by atoms with Gasteiger partial charge in [-0.25, -0.2) is 4.79 Å². The molecule has 1 amide bonds. The smallest absolute Gasteiger partial charge is 0.407 e. The number of piperazine rings is 1. The minimum atomic E-state index is -0.301. The van der Waals surface area contributed by atoms with E-state index in [-0.39, 0.29) is 18.5 Å². The van der Waals surface area contributed by atoms with E-state index in [1.165, 1.54) is 17.0 Å². The number of carbonyl (C=O) groups excluding carboxylic acids is 1. The molecular weight excluding hydrogens is 382 g/mol. The van der Waals surface area contributed by atoms with Crippen LogP contribution in [-0.2, 0) is 4.74 Å². The highest BCUT2D eigenvalue weighted by atomic mass is 35.5. The Bertz CT molecular complexity index is 540. The molecule has 0 radical (unpaired) electrons. The molecule has 2 rings (SSSR count). The lowest BCUT2D eigenvalue weighted by atomic mass is 10.2. The zero-order valence-corrected chi connectivity index (χ0v) is 18.2. The van der Waals surface area contributed by atoms with Gasteiger partial charge in [0.1, 0.15) is 0 Å². The predicted molar refractivity (Wildman–Crippen MR) is 118 cm³/mol. The number of alkyl carbamates (subject to hydrolysis) is 1. The zero-order chi connectivity index (χ0) is 18.6. The first kappa shape index (κ1) is 23.9. The summed E-state index contributed by atoms with van der Waals surface area (Å²) < 4.78 is 5.10. The van der Waals surface area contributed by atoms with E-state index in [2.05, 4.69) is 46.3 Å². The molecule has 27 heavy (non-hydrogen) atoms. The van der Waals surface area contributed by atoms with Crippen LogP contribution < -0.4 is 10.2 Å². The lowest BCUT2D eigenvalue weighted by molar-refractivity contribution is 0.143. The average Bonchev–Trinajstić information content (AvgIpc) is 2.66. The van der Waals surface area contributed by atoms with Gasteiger partial charge in [-0.3, -0.25) is 4.90 Å². The summed E-state index contributed by atoms with van der Waals surface area (Å²) in [6, 6.07) is 8.76. The van der Waals surface area contributed by atoms with Crippen molar-refractivity contribution in [3.63, 3.8) is 0 Å². The lowest BCUT2D eigenvalue weighted by Gasteiger charge is -2.37. The highest BCUT2D eigenvalue weighted by Crippen LogP contribution is 2.30. The van der Waals surface area contributed by atoms with Crippen molar-refractivity contribution >= 4 is 35.9 Å². The molecule has 1 aromatic rings.